The molecule has 4 bridgehead atoms. The van der Waals surface area contributed by atoms with Gasteiger partial charge in [0.25, 0.3) is 0 Å². The van der Waals surface area contributed by atoms with E-state index in [0.29, 0.717) is 5.41 Å². The molecule has 130 valence electrons. The first-order valence-electron chi connectivity index (χ1n) is 9.57. The lowest BCUT2D eigenvalue weighted by Crippen LogP contribution is -2.49. The van der Waals surface area contributed by atoms with Crippen LogP contribution in [0.4, 0.5) is 0 Å². The highest BCUT2D eigenvalue weighted by Crippen LogP contribution is 2.60. The summed E-state index contributed by atoms with van der Waals surface area (Å²) in [7, 11) is 0. The van der Waals surface area contributed by atoms with Gasteiger partial charge in [0.2, 0.25) is 0 Å². The Bertz CT molecular complexity index is 784. The standard InChI is InChI=1S/C21H26N4/c22-19(23)18-4-2-1-3-17(18)13-25-6-5-24-20(25)21-10-14-7-15(11-21)9-16(8-14)12-21/h1-6,14-16H,7-13H2,(H3,22,23). The zero-order chi connectivity index (χ0) is 17.0. The molecule has 0 unspecified atom stereocenters. The minimum Gasteiger partial charge on any atom is -0.384 e. The molecule has 0 spiro atoms. The molecule has 0 amide bonds. The van der Waals surface area contributed by atoms with Crippen LogP contribution in [0.1, 0.15) is 55.5 Å². The Labute approximate surface area is 149 Å². The minimum atomic E-state index is 0.145. The summed E-state index contributed by atoms with van der Waals surface area (Å²) < 4.78 is 2.33. The van der Waals surface area contributed by atoms with Gasteiger partial charge in [0.05, 0.1) is 0 Å². The first-order chi connectivity index (χ1) is 12.1. The summed E-state index contributed by atoms with van der Waals surface area (Å²) in [4.78, 5) is 4.85. The second-order valence-corrected chi connectivity index (χ2v) is 8.65. The van der Waals surface area contributed by atoms with Crippen LogP contribution >= 0.6 is 0 Å². The predicted molar refractivity (Wildman–Crippen MR) is 98.6 cm³/mol. The van der Waals surface area contributed by atoms with Crippen molar-refractivity contribution < 1.29 is 0 Å². The maximum Gasteiger partial charge on any atom is 0.123 e. The molecule has 1 aromatic heterocycles. The lowest BCUT2D eigenvalue weighted by atomic mass is 9.49. The fraction of sp³-hybridized carbons (Fsp3) is 0.524. The van der Waals surface area contributed by atoms with Gasteiger partial charge in [-0.05, 0) is 61.8 Å². The van der Waals surface area contributed by atoms with Gasteiger partial charge >= 0.3 is 0 Å². The number of hydrogen-bond acceptors (Lipinski definition) is 2. The lowest BCUT2D eigenvalue weighted by Gasteiger charge is -2.56. The summed E-state index contributed by atoms with van der Waals surface area (Å²) in [6.07, 6.45) is 12.4. The van der Waals surface area contributed by atoms with Crippen LogP contribution in [0.15, 0.2) is 36.7 Å². The maximum absolute atomic E-state index is 7.85. The number of nitrogens with two attached hydrogens (primary N) is 1. The fourth-order valence-corrected chi connectivity index (χ4v) is 6.39. The highest BCUT2D eigenvalue weighted by atomic mass is 15.1. The summed E-state index contributed by atoms with van der Waals surface area (Å²) in [6.45, 7) is 0.757. The third kappa shape index (κ3) is 2.42. The summed E-state index contributed by atoms with van der Waals surface area (Å²) in [5.74, 6) is 4.18. The largest absolute Gasteiger partial charge is 0.384 e. The van der Waals surface area contributed by atoms with Crippen molar-refractivity contribution in [1.82, 2.24) is 9.55 Å². The average molecular weight is 334 g/mol. The zero-order valence-electron chi connectivity index (χ0n) is 14.6. The quantitative estimate of drug-likeness (QED) is 0.661. The fourth-order valence-electron chi connectivity index (χ4n) is 6.39. The SMILES string of the molecule is N=C(N)c1ccccc1Cn1ccnc1C12CC3CC(CC(C3)C1)C2. The van der Waals surface area contributed by atoms with E-state index in [0.717, 1.165) is 35.4 Å². The van der Waals surface area contributed by atoms with Gasteiger partial charge in [0.1, 0.15) is 11.7 Å². The summed E-state index contributed by atoms with van der Waals surface area (Å²) in [5, 5.41) is 7.85. The number of imidazole rings is 1. The summed E-state index contributed by atoms with van der Waals surface area (Å²) in [6, 6.07) is 8.01. The van der Waals surface area contributed by atoms with Crippen LogP contribution in [-0.4, -0.2) is 15.4 Å². The Kier molecular flexibility index (Phi) is 3.31. The number of nitrogens with zero attached hydrogens (tertiary/aromatic N) is 2. The van der Waals surface area contributed by atoms with E-state index in [4.69, 9.17) is 16.1 Å². The molecule has 25 heavy (non-hydrogen) atoms. The van der Waals surface area contributed by atoms with Gasteiger partial charge in [-0.3, -0.25) is 5.41 Å². The van der Waals surface area contributed by atoms with Gasteiger partial charge in [-0.2, -0.15) is 0 Å². The molecule has 4 aliphatic carbocycles. The Hall–Kier alpha value is -2.10. The van der Waals surface area contributed by atoms with E-state index < -0.39 is 0 Å². The Balaban J connectivity index is 1.50. The molecule has 3 N–H and O–H groups in total. The molecule has 1 heterocycles. The molecule has 4 saturated carbocycles. The van der Waals surface area contributed by atoms with Gasteiger partial charge in [0, 0.05) is 29.9 Å². The van der Waals surface area contributed by atoms with Crippen molar-refractivity contribution in [3.63, 3.8) is 0 Å². The molecule has 6 rings (SSSR count). The molecular formula is C21H26N4. The van der Waals surface area contributed by atoms with Gasteiger partial charge in [-0.15, -0.1) is 0 Å². The van der Waals surface area contributed by atoms with E-state index in [2.05, 4.69) is 16.8 Å². The van der Waals surface area contributed by atoms with Gasteiger partial charge in [-0.1, -0.05) is 24.3 Å². The monoisotopic (exact) mass is 334 g/mol. The van der Waals surface area contributed by atoms with Crippen LogP contribution in [-0.2, 0) is 12.0 Å². The van der Waals surface area contributed by atoms with E-state index in [1.54, 1.807) is 0 Å². The van der Waals surface area contributed by atoms with Crippen molar-refractivity contribution in [3.8, 4) is 0 Å². The number of rotatable bonds is 4. The van der Waals surface area contributed by atoms with Crippen LogP contribution in [0.25, 0.3) is 0 Å². The molecule has 4 nitrogen and oxygen atoms in total. The van der Waals surface area contributed by atoms with Crippen LogP contribution in [0.2, 0.25) is 0 Å². The highest BCUT2D eigenvalue weighted by molar-refractivity contribution is 5.96. The number of nitrogen functional groups attached to an aromatic ring is 1. The number of hydrogen-bond donors (Lipinski definition) is 2. The average Bonchev–Trinajstić information content (AvgIpc) is 3.03. The Morgan fingerprint density at radius 1 is 1.12 bits per heavy atom. The molecule has 0 saturated heterocycles. The predicted octanol–water partition coefficient (Wildman–Crippen LogP) is 3.68. The van der Waals surface area contributed by atoms with E-state index in [-0.39, 0.29) is 5.84 Å². The number of aromatic nitrogens is 2. The third-order valence-corrected chi connectivity index (χ3v) is 6.88. The Morgan fingerprint density at radius 2 is 1.76 bits per heavy atom. The van der Waals surface area contributed by atoms with E-state index >= 15 is 0 Å². The van der Waals surface area contributed by atoms with Crippen molar-refractivity contribution in [3.05, 3.63) is 53.6 Å². The molecule has 4 heteroatoms. The van der Waals surface area contributed by atoms with E-state index in [1.165, 1.54) is 44.3 Å². The van der Waals surface area contributed by atoms with E-state index in [9.17, 15) is 0 Å². The van der Waals surface area contributed by atoms with Crippen LogP contribution in [0.3, 0.4) is 0 Å². The number of benzene rings is 1. The van der Waals surface area contributed by atoms with Crippen LogP contribution < -0.4 is 5.73 Å². The normalized spacial score (nSPS) is 32.9. The smallest absolute Gasteiger partial charge is 0.123 e. The lowest BCUT2D eigenvalue weighted by molar-refractivity contribution is -0.0108. The number of amidine groups is 1. The van der Waals surface area contributed by atoms with Gasteiger partial charge in [0.15, 0.2) is 0 Å². The molecule has 0 radical (unpaired) electrons. The molecule has 1 aromatic carbocycles. The third-order valence-electron chi connectivity index (χ3n) is 6.88. The highest BCUT2D eigenvalue weighted by Gasteiger charge is 2.53. The first kappa shape index (κ1) is 15.2. The topological polar surface area (TPSA) is 67.7 Å². The van der Waals surface area contributed by atoms with Gasteiger partial charge in [-0.25, -0.2) is 4.98 Å². The minimum absolute atomic E-state index is 0.145. The second-order valence-electron chi connectivity index (χ2n) is 8.65. The molecule has 0 atom stereocenters. The molecule has 4 aliphatic rings. The second kappa shape index (κ2) is 5.45. The molecule has 2 aromatic rings. The van der Waals surface area contributed by atoms with Crippen molar-refractivity contribution in [2.24, 2.45) is 23.5 Å². The maximum atomic E-state index is 7.85. The number of nitrogens with one attached hydrogen (secondary N) is 1. The van der Waals surface area contributed by atoms with Gasteiger partial charge < -0.3 is 10.3 Å². The molecular weight excluding hydrogens is 308 g/mol. The van der Waals surface area contributed by atoms with Crippen LogP contribution in [0, 0.1) is 23.2 Å². The molecule has 0 aliphatic heterocycles. The van der Waals surface area contributed by atoms with Crippen molar-refractivity contribution in [2.75, 3.05) is 0 Å². The first-order valence-corrected chi connectivity index (χ1v) is 9.57. The van der Waals surface area contributed by atoms with Crippen molar-refractivity contribution in [1.29, 1.82) is 5.41 Å². The Morgan fingerprint density at radius 3 is 2.40 bits per heavy atom. The summed E-state index contributed by atoms with van der Waals surface area (Å²) >= 11 is 0. The van der Waals surface area contributed by atoms with E-state index in [1.807, 2.05) is 24.4 Å². The van der Waals surface area contributed by atoms with Crippen molar-refractivity contribution in [2.45, 2.75) is 50.5 Å². The zero-order valence-corrected chi connectivity index (χ0v) is 14.6. The molecule has 4 fully saturated rings. The van der Waals surface area contributed by atoms with Crippen LogP contribution in [0.5, 0.6) is 0 Å². The summed E-state index contributed by atoms with van der Waals surface area (Å²) in [5.41, 5.74) is 8.03. The van der Waals surface area contributed by atoms with Crippen molar-refractivity contribution >= 4 is 5.84 Å².